The average Bonchev–Trinajstić information content (AvgIpc) is 3.99. The van der Waals surface area contributed by atoms with E-state index >= 15 is 4.39 Å². The number of thiocarbonyl (C=S) groups is 1. The first-order valence-corrected chi connectivity index (χ1v) is 24.4. The highest BCUT2D eigenvalue weighted by atomic mass is 32.1. The second-order valence-electron chi connectivity index (χ2n) is 18.9. The maximum Gasteiger partial charge on any atom is 0.420 e. The number of methoxy groups -OCH3 is 1. The van der Waals surface area contributed by atoms with Crippen LogP contribution in [0.4, 0.5) is 23.2 Å². The van der Waals surface area contributed by atoms with Crippen LogP contribution in [0.3, 0.4) is 0 Å². The number of unbranched alkanes of at least 4 members (excludes halogenated alkanes) is 1. The number of nitrogens with one attached hydrogen (secondary N) is 2. The molecule has 0 bridgehead atoms. The molecule has 0 unspecified atom stereocenters. The number of hydrogen-bond acceptors (Lipinski definition) is 14. The van der Waals surface area contributed by atoms with E-state index in [2.05, 4.69) is 20.6 Å². The minimum atomic E-state index is -5.21. The van der Waals surface area contributed by atoms with E-state index in [0.29, 0.717) is 35.9 Å². The number of aliphatic hydroxyl groups is 1. The van der Waals surface area contributed by atoms with E-state index in [9.17, 15) is 42.7 Å². The van der Waals surface area contributed by atoms with Crippen LogP contribution < -0.4 is 15.5 Å². The number of hydrogen-bond donors (Lipinski definition) is 3. The van der Waals surface area contributed by atoms with Gasteiger partial charge in [-0.2, -0.15) is 23.4 Å². The van der Waals surface area contributed by atoms with Crippen LogP contribution in [-0.4, -0.2) is 125 Å². The Balaban J connectivity index is 0.913. The predicted octanol–water partition coefficient (Wildman–Crippen LogP) is 6.51. The molecule has 2 fully saturated rings. The lowest BCUT2D eigenvalue weighted by atomic mass is 9.85. The molecule has 3 aliphatic rings. The number of ether oxygens (including phenoxy) is 4. The van der Waals surface area contributed by atoms with Gasteiger partial charge in [0, 0.05) is 39.0 Å². The number of allylic oxidation sites excluding steroid dienone is 1. The zero-order chi connectivity index (χ0) is 52.7. The predicted molar refractivity (Wildman–Crippen MR) is 261 cm³/mol. The highest BCUT2D eigenvalue weighted by molar-refractivity contribution is 7.80. The molecule has 2 saturated heterocycles. The van der Waals surface area contributed by atoms with Crippen molar-refractivity contribution < 1.29 is 60.8 Å². The number of aryl methyl sites for hydroxylation is 1. The van der Waals surface area contributed by atoms with Crippen molar-refractivity contribution in [3.05, 3.63) is 81.7 Å². The van der Waals surface area contributed by atoms with Gasteiger partial charge in [0.25, 0.3) is 5.91 Å². The van der Waals surface area contributed by atoms with Crippen LogP contribution in [-0.2, 0) is 50.8 Å². The molecule has 17 nitrogen and oxygen atoms in total. The zero-order valence-electron chi connectivity index (χ0n) is 41.0. The average molecular weight is 1040 g/mol. The second kappa shape index (κ2) is 23.2. The smallest absolute Gasteiger partial charge is 0.420 e. The molecule has 2 aromatic carbocycles. The lowest BCUT2D eigenvalue weighted by molar-refractivity contribution is -0.144. The van der Waals surface area contributed by atoms with Crippen LogP contribution >= 0.6 is 23.6 Å². The largest absolute Gasteiger partial charge is 0.481 e. The number of nitriles is 1. The number of rotatable bonds is 19. The second-order valence-corrected chi connectivity index (χ2v) is 20.1. The van der Waals surface area contributed by atoms with Gasteiger partial charge in [-0.1, -0.05) is 45.0 Å². The van der Waals surface area contributed by atoms with Crippen LogP contribution in [0.1, 0.15) is 89.1 Å². The number of aliphatic imine (C=N–C) groups is 1. The molecule has 0 saturated carbocycles. The first-order valence-electron chi connectivity index (χ1n) is 23.2. The number of amides is 4. The number of anilines is 1. The van der Waals surface area contributed by atoms with Crippen molar-refractivity contribution in [3.63, 3.8) is 0 Å². The van der Waals surface area contributed by atoms with E-state index in [1.54, 1.807) is 37.6 Å². The van der Waals surface area contributed by atoms with Crippen molar-refractivity contribution in [2.45, 2.75) is 110 Å². The Morgan fingerprint density at radius 2 is 1.74 bits per heavy atom. The molecule has 3 atom stereocenters. The summed E-state index contributed by atoms with van der Waals surface area (Å²) in [6, 6.07) is 8.86. The van der Waals surface area contributed by atoms with Crippen molar-refractivity contribution in [1.82, 2.24) is 25.4 Å². The molecular formula is C49H58F4N8O9S2. The summed E-state index contributed by atoms with van der Waals surface area (Å²) in [6.45, 7) is 11.0. The Morgan fingerprint density at radius 3 is 2.38 bits per heavy atom. The Morgan fingerprint density at radius 1 is 1.04 bits per heavy atom. The number of carbonyl (C=O) groups excluding carboxylic acids is 4. The maximum absolute atomic E-state index is 15.5. The van der Waals surface area contributed by atoms with Crippen molar-refractivity contribution in [1.29, 1.82) is 5.26 Å². The summed E-state index contributed by atoms with van der Waals surface area (Å²) in [5, 5.41) is 25.1. The minimum Gasteiger partial charge on any atom is -0.481 e. The van der Waals surface area contributed by atoms with E-state index < -0.39 is 81.6 Å². The van der Waals surface area contributed by atoms with Gasteiger partial charge in [-0.15, -0.1) is 11.3 Å². The number of benzene rings is 2. The Kier molecular flexibility index (Phi) is 17.8. The normalized spacial score (nSPS) is 18.5. The van der Waals surface area contributed by atoms with E-state index in [1.165, 1.54) is 36.8 Å². The van der Waals surface area contributed by atoms with Gasteiger partial charge >= 0.3 is 6.18 Å². The Bertz CT molecular complexity index is 2630. The van der Waals surface area contributed by atoms with Gasteiger partial charge < -0.3 is 44.5 Å². The van der Waals surface area contributed by atoms with Crippen LogP contribution in [0.15, 0.2) is 58.5 Å². The summed E-state index contributed by atoms with van der Waals surface area (Å²) in [7, 11) is 1.34. The fourth-order valence-electron chi connectivity index (χ4n) is 8.47. The number of likely N-dealkylation sites (tertiary alicyclic amines) is 1. The minimum absolute atomic E-state index is 0.0483. The molecule has 0 radical (unpaired) electrons. The number of aliphatic hydroxyl groups excluding tert-OH is 1. The number of halogens is 4. The highest BCUT2D eigenvalue weighted by Crippen LogP contribution is 2.43. The van der Waals surface area contributed by atoms with Gasteiger partial charge in [0.2, 0.25) is 23.6 Å². The number of aromatic nitrogens is 1. The van der Waals surface area contributed by atoms with Crippen molar-refractivity contribution in [3.8, 4) is 16.5 Å². The van der Waals surface area contributed by atoms with Crippen LogP contribution in [0.25, 0.3) is 10.4 Å². The van der Waals surface area contributed by atoms with Crippen LogP contribution in [0, 0.1) is 29.5 Å². The molecule has 4 heterocycles. The number of carbonyl (C=O) groups is 4. The van der Waals surface area contributed by atoms with Crippen molar-refractivity contribution in [2.75, 3.05) is 51.6 Å². The number of thiazole rings is 1. The number of alkyl halides is 3. The monoisotopic (exact) mass is 1040 g/mol. The molecule has 6 rings (SSSR count). The van der Waals surface area contributed by atoms with E-state index in [-0.39, 0.29) is 69.8 Å². The van der Waals surface area contributed by atoms with Gasteiger partial charge in [0.1, 0.15) is 29.8 Å². The highest BCUT2D eigenvalue weighted by Gasteiger charge is 2.54. The summed E-state index contributed by atoms with van der Waals surface area (Å²) in [5.74, 6) is -3.65. The summed E-state index contributed by atoms with van der Waals surface area (Å²) in [5.41, 5.74) is -0.755. The van der Waals surface area contributed by atoms with Crippen molar-refractivity contribution in [2.24, 2.45) is 10.4 Å². The molecule has 1 aromatic heterocycles. The molecule has 3 aliphatic heterocycles. The lowest BCUT2D eigenvalue weighted by Gasteiger charge is -2.35. The third-order valence-corrected chi connectivity index (χ3v) is 13.6. The van der Waals surface area contributed by atoms with Gasteiger partial charge in [-0.25, -0.2) is 9.37 Å². The fourth-order valence-corrected chi connectivity index (χ4v) is 9.81. The van der Waals surface area contributed by atoms with Crippen molar-refractivity contribution >= 4 is 63.9 Å². The third kappa shape index (κ3) is 12.6. The maximum atomic E-state index is 15.5. The molecule has 3 N–H and O–H groups in total. The molecule has 72 heavy (non-hydrogen) atoms. The fraction of sp³-hybridized carbons (Fsp3) is 0.510. The molecule has 0 spiro atoms. The van der Waals surface area contributed by atoms with Crippen LogP contribution in [0.2, 0.25) is 0 Å². The molecular weight excluding hydrogens is 985 g/mol. The Labute approximate surface area is 424 Å². The summed E-state index contributed by atoms with van der Waals surface area (Å²) in [4.78, 5) is 67.3. The molecule has 388 valence electrons. The third-order valence-electron chi connectivity index (χ3n) is 12.2. The van der Waals surface area contributed by atoms with Gasteiger partial charge in [-0.05, 0) is 74.5 Å². The molecule has 23 heteroatoms. The van der Waals surface area contributed by atoms with E-state index in [1.807, 2.05) is 31.2 Å². The quantitative estimate of drug-likeness (QED) is 0.0666. The Hall–Kier alpha value is -6.06. The summed E-state index contributed by atoms with van der Waals surface area (Å²) >= 11 is 7.12. The van der Waals surface area contributed by atoms with Gasteiger partial charge in [0.15, 0.2) is 16.8 Å². The summed E-state index contributed by atoms with van der Waals surface area (Å²) < 4.78 is 79.5. The topological polar surface area (TPSA) is 208 Å². The first kappa shape index (κ1) is 55.3. The molecule has 0 aliphatic carbocycles. The van der Waals surface area contributed by atoms with E-state index in [4.69, 9.17) is 31.2 Å². The van der Waals surface area contributed by atoms with Crippen LogP contribution in [0.5, 0.6) is 0 Å². The van der Waals surface area contributed by atoms with Gasteiger partial charge in [0.05, 0.1) is 72.1 Å². The molecule has 4 amide bonds. The SMILES string of the molecule is COC1=C(N2C(=S)N(c3ccc(C#N)c(C(F)(F)F)c3F)C(=O)C2(C)C)CCC(OCCCCOCCOCC(=O)N[C@H](C(=O)N2C[C@H](O)C[C@H]2C(=O)NCc2ccc(-c3scnc3C)cc2)C(C)(C)C)=N1. The van der Waals surface area contributed by atoms with E-state index in [0.717, 1.165) is 33.8 Å². The summed E-state index contributed by atoms with van der Waals surface area (Å²) in [6.07, 6.45) is -4.43. The zero-order valence-corrected chi connectivity index (χ0v) is 42.6. The lowest BCUT2D eigenvalue weighted by Crippen LogP contribution is -2.58. The van der Waals surface area contributed by atoms with Gasteiger partial charge in [-0.3, -0.25) is 24.1 Å². The number of β-amino-alcohol motifs (C(OH)–C–C–N with tert-alkyl or cyclic N) is 1. The standard InChI is InChI=1S/C49H58F4N8O9S2/c1-28-40(72-27-56-28)30-12-10-29(11-13-30)24-55-42(64)35-22-32(62)25-59(35)44(65)41(47(2,3)4)57-36(63)26-69-21-20-68-18-8-9-19-70-37-17-16-34(43(58-37)67-7)61-46(71)60(45(66)48(61,5)6)33-15-14-31(23-54)38(39(33)50)49(51,52)53/h10-15,27,32,35,41,62H,8-9,16-22,24-26H2,1-7H3,(H,55,64)(H,57,63)/t32-,35+,41-/m1/s1. The molecule has 3 aromatic rings. The first-order chi connectivity index (χ1) is 34.0. The number of nitrogens with zero attached hydrogens (tertiary/aromatic N) is 6.